The van der Waals surface area contributed by atoms with Crippen molar-refractivity contribution in [1.82, 2.24) is 9.88 Å². The van der Waals surface area contributed by atoms with E-state index in [4.69, 9.17) is 9.47 Å². The van der Waals surface area contributed by atoms with Crippen molar-refractivity contribution in [3.8, 4) is 5.75 Å². The van der Waals surface area contributed by atoms with Crippen molar-refractivity contribution in [2.45, 2.75) is 51.3 Å². The Morgan fingerprint density at radius 3 is 3.04 bits per heavy atom. The van der Waals surface area contributed by atoms with E-state index in [1.54, 1.807) is 7.11 Å². The molecule has 0 spiro atoms. The van der Waals surface area contributed by atoms with Crippen LogP contribution in [0.15, 0.2) is 12.1 Å². The maximum absolute atomic E-state index is 10.8. The number of aryl methyl sites for hydroxylation is 1. The summed E-state index contributed by atoms with van der Waals surface area (Å²) in [6.45, 7) is 7.12. The first-order valence-corrected chi connectivity index (χ1v) is 8.55. The molecule has 0 bridgehead atoms. The van der Waals surface area contributed by atoms with Crippen molar-refractivity contribution in [2.75, 3.05) is 26.9 Å². The molecule has 1 aromatic heterocycles. The Kier molecular flexibility index (Phi) is 4.90. The summed E-state index contributed by atoms with van der Waals surface area (Å²) in [5.74, 6) is 1.03. The highest BCUT2D eigenvalue weighted by molar-refractivity contribution is 5.26. The Hall–Kier alpha value is -1.17. The Morgan fingerprint density at radius 2 is 2.30 bits per heavy atom. The number of aliphatic hydroxyl groups is 1. The van der Waals surface area contributed by atoms with Crippen LogP contribution in [0.25, 0.3) is 0 Å². The molecule has 128 valence electrons. The molecule has 2 saturated heterocycles. The Morgan fingerprint density at radius 1 is 1.48 bits per heavy atom. The van der Waals surface area contributed by atoms with Crippen molar-refractivity contribution in [3.63, 3.8) is 0 Å². The van der Waals surface area contributed by atoms with Crippen molar-refractivity contribution >= 4 is 0 Å². The predicted octanol–water partition coefficient (Wildman–Crippen LogP) is 2.15. The van der Waals surface area contributed by atoms with Crippen LogP contribution >= 0.6 is 0 Å². The van der Waals surface area contributed by atoms with Crippen LogP contribution in [0, 0.1) is 12.8 Å². The van der Waals surface area contributed by atoms with E-state index in [0.717, 1.165) is 43.1 Å². The molecule has 3 rings (SSSR count). The topological polar surface area (TPSA) is 54.8 Å². The molecule has 1 aromatic rings. The van der Waals surface area contributed by atoms with Gasteiger partial charge in [0.25, 0.3) is 0 Å². The molecule has 5 nitrogen and oxygen atoms in total. The van der Waals surface area contributed by atoms with Gasteiger partial charge in [0.2, 0.25) is 0 Å². The molecular weight excluding hydrogens is 292 g/mol. The predicted molar refractivity (Wildman–Crippen MR) is 88.5 cm³/mol. The Bertz CT molecular complexity index is 547. The van der Waals surface area contributed by atoms with E-state index < -0.39 is 5.60 Å². The van der Waals surface area contributed by atoms with Crippen LogP contribution in [-0.2, 0) is 11.3 Å². The highest BCUT2D eigenvalue weighted by atomic mass is 16.5. The van der Waals surface area contributed by atoms with Crippen LogP contribution in [0.5, 0.6) is 5.75 Å². The Balaban J connectivity index is 1.75. The lowest BCUT2D eigenvalue weighted by Gasteiger charge is -2.43. The standard InChI is InChI=1S/C18H28N2O3/c1-13-9-15(22-3)10-14(19-13)11-20-7-4-5-17(20)16-12-23-8-6-18(16,2)21/h9-10,16-17,21H,4-8,11-12H2,1-3H3/t16-,17+,18-/m0/s1. The molecule has 0 radical (unpaired) electrons. The number of methoxy groups -OCH3 is 1. The summed E-state index contributed by atoms with van der Waals surface area (Å²) in [5.41, 5.74) is 1.37. The fourth-order valence-corrected chi connectivity index (χ4v) is 3.99. The summed E-state index contributed by atoms with van der Waals surface area (Å²) in [6.07, 6.45) is 3.01. The SMILES string of the molecule is COc1cc(C)nc(CN2CCC[C@@H]2[C@@H]2COCC[C@]2(C)O)c1. The van der Waals surface area contributed by atoms with Crippen LogP contribution in [0.4, 0.5) is 0 Å². The third kappa shape index (κ3) is 3.67. The molecule has 1 N–H and O–H groups in total. The summed E-state index contributed by atoms with van der Waals surface area (Å²) < 4.78 is 11.0. The van der Waals surface area contributed by atoms with E-state index in [1.165, 1.54) is 6.42 Å². The molecule has 0 unspecified atom stereocenters. The highest BCUT2D eigenvalue weighted by Crippen LogP contribution is 2.36. The van der Waals surface area contributed by atoms with Gasteiger partial charge >= 0.3 is 0 Å². The average molecular weight is 320 g/mol. The molecule has 2 fully saturated rings. The minimum atomic E-state index is -0.636. The van der Waals surface area contributed by atoms with Gasteiger partial charge in [0.05, 0.1) is 25.0 Å². The quantitative estimate of drug-likeness (QED) is 0.921. The van der Waals surface area contributed by atoms with Crippen molar-refractivity contribution in [2.24, 2.45) is 5.92 Å². The van der Waals surface area contributed by atoms with Crippen LogP contribution in [0.3, 0.4) is 0 Å². The first-order chi connectivity index (χ1) is 11.0. The Labute approximate surface area is 138 Å². The van der Waals surface area contributed by atoms with Crippen LogP contribution in [0.1, 0.15) is 37.6 Å². The monoisotopic (exact) mass is 320 g/mol. The molecule has 3 atom stereocenters. The van der Waals surface area contributed by atoms with Gasteiger partial charge < -0.3 is 14.6 Å². The number of hydrogen-bond acceptors (Lipinski definition) is 5. The van der Waals surface area contributed by atoms with Gasteiger partial charge in [-0.1, -0.05) is 0 Å². The maximum Gasteiger partial charge on any atom is 0.122 e. The van der Waals surface area contributed by atoms with Gasteiger partial charge in [0.15, 0.2) is 0 Å². The van der Waals surface area contributed by atoms with Gasteiger partial charge in [-0.15, -0.1) is 0 Å². The number of ether oxygens (including phenoxy) is 2. The summed E-state index contributed by atoms with van der Waals surface area (Å²) >= 11 is 0. The lowest BCUT2D eigenvalue weighted by atomic mass is 9.79. The zero-order chi connectivity index (χ0) is 16.4. The van der Waals surface area contributed by atoms with Gasteiger partial charge in [-0.3, -0.25) is 9.88 Å². The van der Waals surface area contributed by atoms with Crippen LogP contribution < -0.4 is 4.74 Å². The minimum absolute atomic E-state index is 0.172. The van der Waals surface area contributed by atoms with E-state index in [9.17, 15) is 5.11 Å². The van der Waals surface area contributed by atoms with Crippen molar-refractivity contribution in [1.29, 1.82) is 0 Å². The fraction of sp³-hybridized carbons (Fsp3) is 0.722. The lowest BCUT2D eigenvalue weighted by Crippen LogP contribution is -2.52. The first-order valence-electron chi connectivity index (χ1n) is 8.55. The second kappa shape index (κ2) is 6.75. The second-order valence-electron chi connectivity index (χ2n) is 7.11. The van der Waals surface area contributed by atoms with E-state index >= 15 is 0 Å². The molecule has 0 saturated carbocycles. The van der Waals surface area contributed by atoms with Gasteiger partial charge in [-0.05, 0) is 39.7 Å². The summed E-state index contributed by atoms with van der Waals surface area (Å²) in [5, 5.41) is 10.8. The largest absolute Gasteiger partial charge is 0.497 e. The summed E-state index contributed by atoms with van der Waals surface area (Å²) in [7, 11) is 1.69. The third-order valence-electron chi connectivity index (χ3n) is 5.31. The van der Waals surface area contributed by atoms with E-state index in [0.29, 0.717) is 19.3 Å². The molecule has 23 heavy (non-hydrogen) atoms. The van der Waals surface area contributed by atoms with Gasteiger partial charge in [0, 0.05) is 42.9 Å². The molecule has 0 aromatic carbocycles. The maximum atomic E-state index is 10.8. The van der Waals surface area contributed by atoms with Crippen molar-refractivity contribution < 1.29 is 14.6 Å². The average Bonchev–Trinajstić information content (AvgIpc) is 2.94. The zero-order valence-corrected chi connectivity index (χ0v) is 14.4. The number of nitrogens with zero attached hydrogens (tertiary/aromatic N) is 2. The number of pyridine rings is 1. The molecule has 0 amide bonds. The van der Waals surface area contributed by atoms with Gasteiger partial charge in [0.1, 0.15) is 5.75 Å². The highest BCUT2D eigenvalue weighted by Gasteiger charge is 2.44. The normalized spacial score (nSPS) is 32.2. The van der Waals surface area contributed by atoms with E-state index in [-0.39, 0.29) is 5.92 Å². The molecule has 3 heterocycles. The minimum Gasteiger partial charge on any atom is -0.497 e. The first kappa shape index (κ1) is 16.7. The number of likely N-dealkylation sites (tertiary alicyclic amines) is 1. The van der Waals surface area contributed by atoms with Crippen LogP contribution in [0.2, 0.25) is 0 Å². The van der Waals surface area contributed by atoms with Gasteiger partial charge in [-0.2, -0.15) is 0 Å². The second-order valence-corrected chi connectivity index (χ2v) is 7.11. The fourth-order valence-electron chi connectivity index (χ4n) is 3.99. The molecule has 2 aliphatic rings. The van der Waals surface area contributed by atoms with Crippen molar-refractivity contribution in [3.05, 3.63) is 23.5 Å². The van der Waals surface area contributed by atoms with E-state index in [1.807, 2.05) is 26.0 Å². The molecule has 5 heteroatoms. The van der Waals surface area contributed by atoms with Crippen LogP contribution in [-0.4, -0.2) is 53.5 Å². The molecule has 2 aliphatic heterocycles. The number of rotatable bonds is 4. The molecule has 0 aliphatic carbocycles. The smallest absolute Gasteiger partial charge is 0.122 e. The summed E-state index contributed by atoms with van der Waals surface area (Å²) in [6, 6.07) is 4.32. The summed E-state index contributed by atoms with van der Waals surface area (Å²) in [4.78, 5) is 7.10. The van der Waals surface area contributed by atoms with E-state index in [2.05, 4.69) is 9.88 Å². The number of aromatic nitrogens is 1. The van der Waals surface area contributed by atoms with Gasteiger partial charge in [-0.25, -0.2) is 0 Å². The molecular formula is C18H28N2O3. The third-order valence-corrected chi connectivity index (χ3v) is 5.31. The zero-order valence-electron chi connectivity index (χ0n) is 14.4. The lowest BCUT2D eigenvalue weighted by molar-refractivity contribution is -0.123. The number of hydrogen-bond donors (Lipinski definition) is 1.